The summed E-state index contributed by atoms with van der Waals surface area (Å²) in [7, 11) is 0. The number of carbonyl (C=O) groups excluding carboxylic acids is 1. The van der Waals surface area contributed by atoms with Crippen LogP contribution in [0, 0.1) is 6.92 Å². The van der Waals surface area contributed by atoms with Gasteiger partial charge in [-0.1, -0.05) is 12.8 Å². The first-order valence-corrected chi connectivity index (χ1v) is 7.18. The molecule has 21 heavy (non-hydrogen) atoms. The lowest BCUT2D eigenvalue weighted by molar-refractivity contribution is -0.138. The van der Waals surface area contributed by atoms with Gasteiger partial charge in [0, 0.05) is 6.04 Å². The lowest BCUT2D eigenvalue weighted by Gasteiger charge is -2.28. The van der Waals surface area contributed by atoms with Crippen LogP contribution < -0.4 is 5.32 Å². The minimum absolute atomic E-state index is 0.000374. The van der Waals surface area contributed by atoms with Crippen molar-refractivity contribution in [2.45, 2.75) is 51.6 Å². The Morgan fingerprint density at radius 3 is 2.71 bits per heavy atom. The highest BCUT2D eigenvalue weighted by Crippen LogP contribution is 2.24. The highest BCUT2D eigenvalue weighted by Gasteiger charge is 2.29. The molecule has 1 fully saturated rings. The molecule has 0 bridgehead atoms. The van der Waals surface area contributed by atoms with Crippen molar-refractivity contribution in [3.63, 3.8) is 0 Å². The van der Waals surface area contributed by atoms with Crippen molar-refractivity contribution in [2.24, 2.45) is 0 Å². The summed E-state index contributed by atoms with van der Waals surface area (Å²) in [4.78, 5) is 28.8. The number of aliphatic carboxylic acids is 1. The number of amides is 2. The highest BCUT2D eigenvalue weighted by molar-refractivity contribution is 5.80. The van der Waals surface area contributed by atoms with Gasteiger partial charge in [0.1, 0.15) is 18.3 Å². The van der Waals surface area contributed by atoms with Crippen molar-refractivity contribution in [3.05, 3.63) is 17.8 Å². The molecule has 1 aromatic heterocycles. The van der Waals surface area contributed by atoms with Crippen LogP contribution in [0.15, 0.2) is 10.6 Å². The maximum Gasteiger partial charge on any atom is 0.323 e. The van der Waals surface area contributed by atoms with Crippen LogP contribution in [-0.4, -0.2) is 39.6 Å². The molecule has 1 unspecified atom stereocenters. The van der Waals surface area contributed by atoms with Gasteiger partial charge in [-0.2, -0.15) is 0 Å². The molecule has 1 aliphatic rings. The Kier molecular flexibility index (Phi) is 4.82. The van der Waals surface area contributed by atoms with E-state index in [2.05, 4.69) is 10.3 Å². The molecule has 2 N–H and O–H groups in total. The van der Waals surface area contributed by atoms with Gasteiger partial charge in [0.2, 0.25) is 5.89 Å². The summed E-state index contributed by atoms with van der Waals surface area (Å²) in [5.41, 5.74) is 0. The number of hydrogen-bond acceptors (Lipinski definition) is 4. The van der Waals surface area contributed by atoms with Crippen LogP contribution in [0.25, 0.3) is 0 Å². The maximum absolute atomic E-state index is 12.3. The summed E-state index contributed by atoms with van der Waals surface area (Å²) in [6, 6.07) is -0.781. The number of carbonyl (C=O) groups is 2. The van der Waals surface area contributed by atoms with Gasteiger partial charge in [-0.05, 0) is 26.7 Å². The first-order valence-electron chi connectivity index (χ1n) is 7.18. The van der Waals surface area contributed by atoms with E-state index in [1.165, 1.54) is 4.90 Å². The third-order valence-electron chi connectivity index (χ3n) is 3.68. The molecule has 7 nitrogen and oxygen atoms in total. The maximum atomic E-state index is 12.3. The largest absolute Gasteiger partial charge is 0.480 e. The van der Waals surface area contributed by atoms with E-state index in [1.807, 2.05) is 0 Å². The molecule has 116 valence electrons. The number of aryl methyl sites for hydroxylation is 1. The van der Waals surface area contributed by atoms with Gasteiger partial charge in [-0.3, -0.25) is 4.79 Å². The Bertz CT molecular complexity index is 508. The van der Waals surface area contributed by atoms with Gasteiger partial charge in [0.25, 0.3) is 0 Å². The van der Waals surface area contributed by atoms with E-state index in [4.69, 9.17) is 9.52 Å². The Morgan fingerprint density at radius 1 is 1.52 bits per heavy atom. The third-order valence-corrected chi connectivity index (χ3v) is 3.68. The second-order valence-electron chi connectivity index (χ2n) is 5.44. The lowest BCUT2D eigenvalue weighted by atomic mass is 10.2. The summed E-state index contributed by atoms with van der Waals surface area (Å²) in [5.74, 6) is 0.0866. The highest BCUT2D eigenvalue weighted by atomic mass is 16.4. The molecular weight excluding hydrogens is 274 g/mol. The van der Waals surface area contributed by atoms with Gasteiger partial charge in [-0.15, -0.1) is 0 Å². The van der Waals surface area contributed by atoms with Crippen molar-refractivity contribution in [1.29, 1.82) is 0 Å². The third kappa shape index (κ3) is 3.96. The van der Waals surface area contributed by atoms with Crippen molar-refractivity contribution < 1.29 is 19.1 Å². The monoisotopic (exact) mass is 295 g/mol. The zero-order chi connectivity index (χ0) is 15.4. The Labute approximate surface area is 123 Å². The predicted octanol–water partition coefficient (Wildman–Crippen LogP) is 2.08. The fourth-order valence-corrected chi connectivity index (χ4v) is 2.63. The van der Waals surface area contributed by atoms with E-state index in [0.29, 0.717) is 11.7 Å². The van der Waals surface area contributed by atoms with Gasteiger partial charge in [-0.25, -0.2) is 9.78 Å². The van der Waals surface area contributed by atoms with Crippen molar-refractivity contribution in [3.8, 4) is 0 Å². The average Bonchev–Trinajstić information content (AvgIpc) is 3.06. The molecule has 1 aromatic rings. The zero-order valence-corrected chi connectivity index (χ0v) is 12.3. The summed E-state index contributed by atoms with van der Waals surface area (Å²) < 4.78 is 5.37. The molecule has 0 saturated heterocycles. The molecule has 1 saturated carbocycles. The molecule has 1 aliphatic carbocycles. The number of nitrogens with one attached hydrogen (secondary N) is 1. The average molecular weight is 295 g/mol. The topological polar surface area (TPSA) is 95.7 Å². The normalized spacial score (nSPS) is 16.7. The molecule has 2 amide bonds. The molecule has 7 heteroatoms. The molecular formula is C14H21N3O4. The number of carboxylic acid groups (broad SMARTS) is 1. The Morgan fingerprint density at radius 2 is 2.19 bits per heavy atom. The summed E-state index contributed by atoms with van der Waals surface area (Å²) >= 11 is 0. The fourth-order valence-electron chi connectivity index (χ4n) is 2.63. The number of nitrogens with zero attached hydrogens (tertiary/aromatic N) is 2. The van der Waals surface area contributed by atoms with Crippen LogP contribution in [0.4, 0.5) is 4.79 Å². The molecule has 0 aromatic carbocycles. The van der Waals surface area contributed by atoms with Crippen LogP contribution in [0.3, 0.4) is 0 Å². The van der Waals surface area contributed by atoms with E-state index in [-0.39, 0.29) is 18.6 Å². The van der Waals surface area contributed by atoms with Crippen LogP contribution in [-0.2, 0) is 4.79 Å². The van der Waals surface area contributed by atoms with E-state index >= 15 is 0 Å². The fraction of sp³-hybridized carbons (Fsp3) is 0.643. The molecule has 1 heterocycles. The van der Waals surface area contributed by atoms with Gasteiger partial charge in [0.15, 0.2) is 0 Å². The molecule has 1 atom stereocenters. The summed E-state index contributed by atoms with van der Waals surface area (Å²) in [5, 5.41) is 11.8. The Hall–Kier alpha value is -2.05. The van der Waals surface area contributed by atoms with E-state index in [0.717, 1.165) is 25.7 Å². The predicted molar refractivity (Wildman–Crippen MR) is 74.8 cm³/mol. The van der Waals surface area contributed by atoms with Crippen molar-refractivity contribution in [1.82, 2.24) is 15.2 Å². The second-order valence-corrected chi connectivity index (χ2v) is 5.44. The molecule has 2 rings (SSSR count). The van der Waals surface area contributed by atoms with Gasteiger partial charge >= 0.3 is 12.0 Å². The number of oxazole rings is 1. The molecule has 0 aliphatic heterocycles. The quantitative estimate of drug-likeness (QED) is 0.867. The standard InChI is InChI=1S/C14H21N3O4/c1-9-7-15-13(21-9)10(2)16-14(20)17(8-12(18)19)11-5-3-4-6-11/h7,10-11H,3-6,8H2,1-2H3,(H,16,20)(H,18,19). The number of hydrogen-bond donors (Lipinski definition) is 2. The summed E-state index contributed by atoms with van der Waals surface area (Å²) in [6.07, 6.45) is 5.36. The van der Waals surface area contributed by atoms with E-state index in [9.17, 15) is 9.59 Å². The number of urea groups is 1. The van der Waals surface area contributed by atoms with Crippen LogP contribution >= 0.6 is 0 Å². The molecule has 0 radical (unpaired) electrons. The number of aromatic nitrogens is 1. The second kappa shape index (κ2) is 6.60. The first-order chi connectivity index (χ1) is 9.97. The van der Waals surface area contributed by atoms with Crippen LogP contribution in [0.2, 0.25) is 0 Å². The minimum Gasteiger partial charge on any atom is -0.480 e. The smallest absolute Gasteiger partial charge is 0.323 e. The van der Waals surface area contributed by atoms with E-state index < -0.39 is 12.0 Å². The van der Waals surface area contributed by atoms with Gasteiger partial charge < -0.3 is 19.7 Å². The van der Waals surface area contributed by atoms with Crippen molar-refractivity contribution >= 4 is 12.0 Å². The van der Waals surface area contributed by atoms with Crippen molar-refractivity contribution in [2.75, 3.05) is 6.54 Å². The van der Waals surface area contributed by atoms with Gasteiger partial charge in [0.05, 0.1) is 6.20 Å². The SMILES string of the molecule is Cc1cnc(C(C)NC(=O)N(CC(=O)O)C2CCCC2)o1. The number of carboxylic acids is 1. The Balaban J connectivity index is 2.01. The van der Waals surface area contributed by atoms with E-state index in [1.54, 1.807) is 20.0 Å². The number of rotatable bonds is 5. The minimum atomic E-state index is -1.00. The van der Waals surface area contributed by atoms with Crippen LogP contribution in [0.5, 0.6) is 0 Å². The van der Waals surface area contributed by atoms with Crippen LogP contribution in [0.1, 0.15) is 50.3 Å². The first kappa shape index (κ1) is 15.3. The zero-order valence-electron chi connectivity index (χ0n) is 12.3. The molecule has 0 spiro atoms. The summed E-state index contributed by atoms with van der Waals surface area (Å²) in [6.45, 7) is 3.25. The lowest BCUT2D eigenvalue weighted by Crippen LogP contribution is -2.48.